The third kappa shape index (κ3) is 2.67. The molecule has 0 atom stereocenters. The van der Waals surface area contributed by atoms with Crippen molar-refractivity contribution in [2.75, 3.05) is 18.2 Å². The third-order valence-electron chi connectivity index (χ3n) is 3.07. The van der Waals surface area contributed by atoms with Crippen molar-refractivity contribution >= 4 is 17.1 Å². The van der Waals surface area contributed by atoms with Crippen LogP contribution in [0.15, 0.2) is 30.3 Å². The number of aryl methyl sites for hydroxylation is 2. The van der Waals surface area contributed by atoms with Gasteiger partial charge in [0.25, 0.3) is 0 Å². The largest absolute Gasteiger partial charge is 0.494 e. The van der Waals surface area contributed by atoms with E-state index in [0.717, 1.165) is 22.6 Å². The Labute approximate surface area is 118 Å². The zero-order valence-corrected chi connectivity index (χ0v) is 11.8. The smallest absolute Gasteiger partial charge is 0.145 e. The van der Waals surface area contributed by atoms with E-state index in [1.54, 1.807) is 25.3 Å². The summed E-state index contributed by atoms with van der Waals surface area (Å²) in [6.07, 6.45) is 0. The van der Waals surface area contributed by atoms with Gasteiger partial charge in [-0.1, -0.05) is 6.07 Å². The van der Waals surface area contributed by atoms with Gasteiger partial charge in [-0.05, 0) is 49.2 Å². The monoisotopic (exact) mass is 267 g/mol. The summed E-state index contributed by atoms with van der Waals surface area (Å²) >= 11 is 0. The highest BCUT2D eigenvalue weighted by Gasteiger charge is 2.09. The molecule has 4 nitrogen and oxygen atoms in total. The lowest BCUT2D eigenvalue weighted by Crippen LogP contribution is -2.00. The lowest BCUT2D eigenvalue weighted by atomic mass is 10.1. The number of nitrogen functional groups attached to an aromatic ring is 1. The molecular weight excluding hydrogens is 250 g/mol. The number of nitrogens with one attached hydrogen (secondary N) is 1. The van der Waals surface area contributed by atoms with E-state index in [1.807, 2.05) is 19.9 Å². The van der Waals surface area contributed by atoms with Crippen LogP contribution in [-0.4, -0.2) is 7.11 Å². The average Bonchev–Trinajstić information content (AvgIpc) is 2.41. The fourth-order valence-corrected chi connectivity index (χ4v) is 2.20. The van der Waals surface area contributed by atoms with Crippen molar-refractivity contribution in [1.82, 2.24) is 0 Å². The Morgan fingerprint density at radius 3 is 2.55 bits per heavy atom. The lowest BCUT2D eigenvalue weighted by molar-refractivity contribution is 0.413. The fourth-order valence-electron chi connectivity index (χ4n) is 2.20. The Bertz CT molecular complexity index is 687. The predicted octanol–water partition coefficient (Wildman–Crippen LogP) is 3.51. The topological polar surface area (TPSA) is 71.1 Å². The zero-order valence-electron chi connectivity index (χ0n) is 11.8. The van der Waals surface area contributed by atoms with Gasteiger partial charge in [0.2, 0.25) is 0 Å². The molecule has 20 heavy (non-hydrogen) atoms. The van der Waals surface area contributed by atoms with Gasteiger partial charge in [0, 0.05) is 0 Å². The van der Waals surface area contributed by atoms with Crippen molar-refractivity contribution in [1.29, 1.82) is 5.26 Å². The van der Waals surface area contributed by atoms with Crippen LogP contribution in [0, 0.1) is 25.2 Å². The highest BCUT2D eigenvalue weighted by atomic mass is 16.5. The summed E-state index contributed by atoms with van der Waals surface area (Å²) in [5, 5.41) is 12.2. The molecule has 102 valence electrons. The molecule has 0 unspecified atom stereocenters. The van der Waals surface area contributed by atoms with Gasteiger partial charge >= 0.3 is 0 Å². The van der Waals surface area contributed by atoms with Gasteiger partial charge in [0.05, 0.1) is 35.8 Å². The van der Waals surface area contributed by atoms with E-state index in [4.69, 9.17) is 15.7 Å². The first-order valence-corrected chi connectivity index (χ1v) is 6.27. The Morgan fingerprint density at radius 1 is 1.15 bits per heavy atom. The Hall–Kier alpha value is -2.67. The summed E-state index contributed by atoms with van der Waals surface area (Å²) < 4.78 is 5.43. The minimum atomic E-state index is 0.560. The molecule has 0 saturated carbocycles. The molecule has 0 aliphatic heterocycles. The summed E-state index contributed by atoms with van der Waals surface area (Å²) in [5.74, 6) is 0.775. The molecule has 2 aromatic rings. The minimum Gasteiger partial charge on any atom is -0.494 e. The summed E-state index contributed by atoms with van der Waals surface area (Å²) in [5.41, 5.74) is 10.8. The molecular formula is C16H17N3O. The van der Waals surface area contributed by atoms with E-state index in [2.05, 4.69) is 17.5 Å². The predicted molar refractivity (Wildman–Crippen MR) is 81.3 cm³/mol. The number of hydrogen-bond acceptors (Lipinski definition) is 4. The van der Waals surface area contributed by atoms with E-state index in [1.165, 1.54) is 0 Å². The molecule has 0 heterocycles. The minimum absolute atomic E-state index is 0.560. The van der Waals surface area contributed by atoms with Gasteiger partial charge in [-0.15, -0.1) is 0 Å². The van der Waals surface area contributed by atoms with Crippen LogP contribution in [0.25, 0.3) is 0 Å². The molecule has 0 aromatic heterocycles. The summed E-state index contributed by atoms with van der Waals surface area (Å²) in [6, 6.07) is 11.3. The van der Waals surface area contributed by atoms with Gasteiger partial charge in [0.1, 0.15) is 5.75 Å². The first-order valence-electron chi connectivity index (χ1n) is 6.27. The average molecular weight is 267 g/mol. The van der Waals surface area contributed by atoms with E-state index < -0.39 is 0 Å². The molecule has 0 aliphatic carbocycles. The van der Waals surface area contributed by atoms with Gasteiger partial charge in [-0.25, -0.2) is 0 Å². The molecule has 0 fully saturated rings. The number of nitrogens with zero attached hydrogens (tertiary/aromatic N) is 1. The van der Waals surface area contributed by atoms with Crippen LogP contribution in [0.4, 0.5) is 17.1 Å². The fraction of sp³-hybridized carbons (Fsp3) is 0.188. The zero-order chi connectivity index (χ0) is 14.7. The van der Waals surface area contributed by atoms with Crippen molar-refractivity contribution in [2.45, 2.75) is 13.8 Å². The summed E-state index contributed by atoms with van der Waals surface area (Å²) in [4.78, 5) is 0. The number of anilines is 3. The SMILES string of the molecule is COc1c(C)cc(C)cc1Nc1cc(C#N)ccc1N. The maximum absolute atomic E-state index is 8.96. The van der Waals surface area contributed by atoms with E-state index in [-0.39, 0.29) is 0 Å². The van der Waals surface area contributed by atoms with Crippen LogP contribution < -0.4 is 15.8 Å². The molecule has 0 bridgehead atoms. The van der Waals surface area contributed by atoms with Crippen LogP contribution >= 0.6 is 0 Å². The first-order chi connectivity index (χ1) is 9.55. The second-order valence-electron chi connectivity index (χ2n) is 4.70. The van der Waals surface area contributed by atoms with Crippen molar-refractivity contribution in [3.8, 4) is 11.8 Å². The standard InChI is InChI=1S/C16H17N3O/c1-10-6-11(2)16(20-3)15(7-10)19-14-8-12(9-17)4-5-13(14)18/h4-8,19H,18H2,1-3H3. The maximum Gasteiger partial charge on any atom is 0.145 e. The third-order valence-corrected chi connectivity index (χ3v) is 3.07. The second-order valence-corrected chi connectivity index (χ2v) is 4.70. The normalized spacial score (nSPS) is 9.90. The van der Waals surface area contributed by atoms with Crippen LogP contribution in [0.5, 0.6) is 5.75 Å². The molecule has 4 heteroatoms. The lowest BCUT2D eigenvalue weighted by Gasteiger charge is -2.16. The second kappa shape index (κ2) is 5.54. The molecule has 0 aliphatic rings. The molecule has 0 radical (unpaired) electrons. The molecule has 2 aromatic carbocycles. The number of ether oxygens (including phenoxy) is 1. The number of hydrogen-bond donors (Lipinski definition) is 2. The summed E-state index contributed by atoms with van der Waals surface area (Å²) in [6.45, 7) is 4.01. The number of nitriles is 1. The Kier molecular flexibility index (Phi) is 3.81. The van der Waals surface area contributed by atoms with E-state index in [9.17, 15) is 0 Å². The highest BCUT2D eigenvalue weighted by molar-refractivity contribution is 5.77. The molecule has 0 spiro atoms. The van der Waals surface area contributed by atoms with E-state index in [0.29, 0.717) is 16.9 Å². The molecule has 0 amide bonds. The number of benzene rings is 2. The van der Waals surface area contributed by atoms with Crippen LogP contribution in [-0.2, 0) is 0 Å². The van der Waals surface area contributed by atoms with Crippen molar-refractivity contribution < 1.29 is 4.74 Å². The first kappa shape index (κ1) is 13.8. The Morgan fingerprint density at radius 2 is 1.90 bits per heavy atom. The van der Waals surface area contributed by atoms with Gasteiger partial charge in [-0.2, -0.15) is 5.26 Å². The summed E-state index contributed by atoms with van der Waals surface area (Å²) in [7, 11) is 1.64. The van der Waals surface area contributed by atoms with Crippen LogP contribution in [0.2, 0.25) is 0 Å². The number of rotatable bonds is 3. The molecule has 3 N–H and O–H groups in total. The van der Waals surface area contributed by atoms with Crippen molar-refractivity contribution in [3.63, 3.8) is 0 Å². The highest BCUT2D eigenvalue weighted by Crippen LogP contribution is 2.34. The molecule has 0 saturated heterocycles. The Balaban J connectivity index is 2.47. The number of nitrogens with two attached hydrogens (primary N) is 1. The maximum atomic E-state index is 8.96. The van der Waals surface area contributed by atoms with E-state index >= 15 is 0 Å². The van der Waals surface area contributed by atoms with Gasteiger partial charge < -0.3 is 15.8 Å². The van der Waals surface area contributed by atoms with Crippen LogP contribution in [0.1, 0.15) is 16.7 Å². The molecule has 2 rings (SSSR count). The van der Waals surface area contributed by atoms with Gasteiger partial charge in [0.15, 0.2) is 0 Å². The van der Waals surface area contributed by atoms with Crippen molar-refractivity contribution in [3.05, 3.63) is 47.0 Å². The van der Waals surface area contributed by atoms with Gasteiger partial charge in [-0.3, -0.25) is 0 Å². The van der Waals surface area contributed by atoms with Crippen LogP contribution in [0.3, 0.4) is 0 Å². The number of methoxy groups -OCH3 is 1. The quantitative estimate of drug-likeness (QED) is 0.835. The van der Waals surface area contributed by atoms with Crippen molar-refractivity contribution in [2.24, 2.45) is 0 Å².